The van der Waals surface area contributed by atoms with Crippen LogP contribution in [0.5, 0.6) is 0 Å². The standard InChI is InChI=1S/C21H26N4O3/c26-19(23-8-9-24-13-22-10-15(24)11-23)17-16-6-7-21(28-16)12-25(20(27)18(17)21)14-4-2-1-3-5-14/h6-7,10,13-14,16-18H,1-5,8-9,11-12H2/t16-,17+,18-,21-/m0/s1. The predicted molar refractivity (Wildman–Crippen MR) is 100.0 cm³/mol. The molecule has 28 heavy (non-hydrogen) atoms. The van der Waals surface area contributed by atoms with Crippen molar-refractivity contribution in [2.24, 2.45) is 11.8 Å². The molecule has 0 radical (unpaired) electrons. The normalized spacial score (nSPS) is 36.9. The molecule has 2 bridgehead atoms. The third kappa shape index (κ3) is 2.22. The second-order valence-electron chi connectivity index (χ2n) is 9.00. The molecule has 1 saturated carbocycles. The van der Waals surface area contributed by atoms with E-state index in [1.54, 1.807) is 0 Å². The molecule has 1 spiro atoms. The van der Waals surface area contributed by atoms with Crippen molar-refractivity contribution in [1.29, 1.82) is 0 Å². The monoisotopic (exact) mass is 382 g/mol. The van der Waals surface area contributed by atoms with Crippen molar-refractivity contribution in [2.45, 2.75) is 62.9 Å². The largest absolute Gasteiger partial charge is 0.360 e. The number of fused-ring (bicyclic) bond motifs is 2. The quantitative estimate of drug-likeness (QED) is 0.724. The minimum atomic E-state index is -0.586. The van der Waals surface area contributed by atoms with Crippen molar-refractivity contribution >= 4 is 11.8 Å². The maximum Gasteiger partial charge on any atom is 0.230 e. The molecule has 5 heterocycles. The van der Waals surface area contributed by atoms with Gasteiger partial charge < -0.3 is 19.1 Å². The number of hydrogen-bond acceptors (Lipinski definition) is 4. The second-order valence-corrected chi connectivity index (χ2v) is 9.00. The van der Waals surface area contributed by atoms with E-state index in [9.17, 15) is 9.59 Å². The van der Waals surface area contributed by atoms with Crippen LogP contribution in [0.2, 0.25) is 0 Å². The molecule has 0 unspecified atom stereocenters. The van der Waals surface area contributed by atoms with Gasteiger partial charge in [0, 0.05) is 25.3 Å². The van der Waals surface area contributed by atoms with Crippen molar-refractivity contribution < 1.29 is 14.3 Å². The van der Waals surface area contributed by atoms with E-state index < -0.39 is 5.60 Å². The van der Waals surface area contributed by atoms with Crippen LogP contribution in [0.1, 0.15) is 37.8 Å². The van der Waals surface area contributed by atoms with E-state index in [1.807, 2.05) is 28.4 Å². The van der Waals surface area contributed by atoms with Gasteiger partial charge in [0.25, 0.3) is 0 Å². The Morgan fingerprint density at radius 1 is 1.21 bits per heavy atom. The lowest BCUT2D eigenvalue weighted by atomic mass is 9.76. The summed E-state index contributed by atoms with van der Waals surface area (Å²) in [5, 5.41) is 0. The van der Waals surface area contributed by atoms with Crippen LogP contribution in [-0.2, 0) is 27.4 Å². The molecular formula is C21H26N4O3. The molecule has 4 atom stereocenters. The number of carbonyl (C=O) groups excluding carboxylic acids is 2. The van der Waals surface area contributed by atoms with Crippen LogP contribution in [0, 0.1) is 11.8 Å². The van der Waals surface area contributed by atoms with Gasteiger partial charge >= 0.3 is 0 Å². The lowest BCUT2D eigenvalue weighted by Gasteiger charge is -2.34. The first-order valence-corrected chi connectivity index (χ1v) is 10.6. The molecule has 7 heteroatoms. The minimum Gasteiger partial charge on any atom is -0.360 e. The smallest absolute Gasteiger partial charge is 0.230 e. The third-order valence-corrected chi connectivity index (χ3v) is 7.50. The van der Waals surface area contributed by atoms with Crippen molar-refractivity contribution in [3.63, 3.8) is 0 Å². The van der Waals surface area contributed by atoms with Gasteiger partial charge in [-0.05, 0) is 12.8 Å². The first-order valence-electron chi connectivity index (χ1n) is 10.6. The zero-order chi connectivity index (χ0) is 18.9. The van der Waals surface area contributed by atoms with Crippen LogP contribution in [0.4, 0.5) is 0 Å². The Labute approximate surface area is 164 Å². The van der Waals surface area contributed by atoms with E-state index in [4.69, 9.17) is 4.74 Å². The predicted octanol–water partition coefficient (Wildman–Crippen LogP) is 1.34. The van der Waals surface area contributed by atoms with Crippen LogP contribution in [-0.4, -0.2) is 62.0 Å². The maximum atomic E-state index is 13.5. The Balaban J connectivity index is 1.27. The third-order valence-electron chi connectivity index (χ3n) is 7.50. The van der Waals surface area contributed by atoms with Gasteiger partial charge in [0.05, 0.1) is 43.1 Å². The lowest BCUT2D eigenvalue weighted by Crippen LogP contribution is -2.48. The summed E-state index contributed by atoms with van der Waals surface area (Å²) >= 11 is 0. The van der Waals surface area contributed by atoms with Gasteiger partial charge in [0.15, 0.2) is 0 Å². The Kier molecular flexibility index (Phi) is 3.55. The molecule has 5 aliphatic rings. The van der Waals surface area contributed by atoms with E-state index in [0.29, 0.717) is 25.7 Å². The molecule has 3 fully saturated rings. The summed E-state index contributed by atoms with van der Waals surface area (Å²) in [6, 6.07) is 0.317. The molecule has 0 N–H and O–H groups in total. The number of ether oxygens (including phenoxy) is 1. The number of rotatable bonds is 2. The average Bonchev–Trinajstić information content (AvgIpc) is 3.48. The summed E-state index contributed by atoms with van der Waals surface area (Å²) in [5.41, 5.74) is 0.465. The van der Waals surface area contributed by atoms with E-state index in [0.717, 1.165) is 25.1 Å². The molecule has 1 aromatic heterocycles. The highest BCUT2D eigenvalue weighted by atomic mass is 16.5. The van der Waals surface area contributed by atoms with E-state index in [1.165, 1.54) is 19.3 Å². The zero-order valence-corrected chi connectivity index (χ0v) is 16.0. The van der Waals surface area contributed by atoms with Gasteiger partial charge in [-0.2, -0.15) is 0 Å². The van der Waals surface area contributed by atoms with Crippen LogP contribution in [0.15, 0.2) is 24.7 Å². The average molecular weight is 382 g/mol. The molecule has 0 aromatic carbocycles. The van der Waals surface area contributed by atoms with Crippen molar-refractivity contribution in [1.82, 2.24) is 19.4 Å². The van der Waals surface area contributed by atoms with Crippen molar-refractivity contribution in [2.75, 3.05) is 13.1 Å². The van der Waals surface area contributed by atoms with Crippen molar-refractivity contribution in [3.05, 3.63) is 30.4 Å². The Morgan fingerprint density at radius 3 is 2.93 bits per heavy atom. The number of carbonyl (C=O) groups is 2. The van der Waals surface area contributed by atoms with Crippen LogP contribution < -0.4 is 0 Å². The molecule has 1 aliphatic carbocycles. The maximum absolute atomic E-state index is 13.5. The van der Waals surface area contributed by atoms with Gasteiger partial charge in [0.1, 0.15) is 5.60 Å². The molecule has 2 saturated heterocycles. The first kappa shape index (κ1) is 16.8. The molecule has 4 aliphatic heterocycles. The van der Waals surface area contributed by atoms with Crippen LogP contribution >= 0.6 is 0 Å². The fourth-order valence-corrected chi connectivity index (χ4v) is 6.09. The number of aromatic nitrogens is 2. The minimum absolute atomic E-state index is 0.0625. The summed E-state index contributed by atoms with van der Waals surface area (Å²) in [6.07, 6.45) is 13.3. The van der Waals surface area contributed by atoms with Crippen LogP contribution in [0.3, 0.4) is 0 Å². The Bertz CT molecular complexity index is 858. The molecule has 7 nitrogen and oxygen atoms in total. The summed E-state index contributed by atoms with van der Waals surface area (Å²) in [4.78, 5) is 35.1. The molecule has 1 aromatic rings. The van der Waals surface area contributed by atoms with E-state index >= 15 is 0 Å². The number of amides is 2. The van der Waals surface area contributed by atoms with Gasteiger partial charge in [-0.1, -0.05) is 31.4 Å². The fraction of sp³-hybridized carbons (Fsp3) is 0.667. The summed E-state index contributed by atoms with van der Waals surface area (Å²) < 4.78 is 8.41. The molecular weight excluding hydrogens is 356 g/mol. The van der Waals surface area contributed by atoms with Gasteiger partial charge in [0.2, 0.25) is 11.8 Å². The first-order chi connectivity index (χ1) is 13.7. The fourth-order valence-electron chi connectivity index (χ4n) is 6.09. The molecule has 2 amide bonds. The zero-order valence-electron chi connectivity index (χ0n) is 16.0. The van der Waals surface area contributed by atoms with E-state index in [-0.39, 0.29) is 29.8 Å². The molecule has 6 rings (SSSR count). The van der Waals surface area contributed by atoms with Gasteiger partial charge in [-0.3, -0.25) is 9.59 Å². The number of hydrogen-bond donors (Lipinski definition) is 0. The highest BCUT2D eigenvalue weighted by molar-refractivity contribution is 5.93. The second kappa shape index (κ2) is 5.92. The number of imidazole rings is 1. The summed E-state index contributed by atoms with van der Waals surface area (Å²) in [5.74, 6) is -0.545. The summed E-state index contributed by atoms with van der Waals surface area (Å²) in [7, 11) is 0. The molecule has 148 valence electrons. The summed E-state index contributed by atoms with van der Waals surface area (Å²) in [6.45, 7) is 2.60. The Morgan fingerprint density at radius 2 is 2.07 bits per heavy atom. The van der Waals surface area contributed by atoms with Gasteiger partial charge in [-0.25, -0.2) is 4.98 Å². The number of nitrogens with zero attached hydrogens (tertiary/aromatic N) is 4. The highest BCUT2D eigenvalue weighted by Gasteiger charge is 2.67. The topological polar surface area (TPSA) is 67.7 Å². The lowest BCUT2D eigenvalue weighted by molar-refractivity contribution is -0.145. The SMILES string of the molecule is O=C([C@@H]1[C@@H]2C=C[C@@]3(CN(C4CCCCC4)C(=O)[C@H]13)O2)N1CCn2cncc2C1. The number of likely N-dealkylation sites (tertiary alicyclic amines) is 1. The van der Waals surface area contributed by atoms with Crippen LogP contribution in [0.25, 0.3) is 0 Å². The Hall–Kier alpha value is -2.15. The van der Waals surface area contributed by atoms with Crippen molar-refractivity contribution in [3.8, 4) is 0 Å². The highest BCUT2D eigenvalue weighted by Crippen LogP contribution is 2.53. The van der Waals surface area contributed by atoms with Gasteiger partial charge in [-0.15, -0.1) is 0 Å². The van der Waals surface area contributed by atoms with E-state index in [2.05, 4.69) is 15.6 Å².